The Bertz CT molecular complexity index is 860. The number of nitriles is 1. The van der Waals surface area contributed by atoms with Crippen molar-refractivity contribution in [2.45, 2.75) is 13.5 Å². The molecule has 2 rings (SSSR count). The van der Waals surface area contributed by atoms with Gasteiger partial charge >= 0.3 is 11.9 Å². The van der Waals surface area contributed by atoms with Crippen molar-refractivity contribution in [1.82, 2.24) is 4.90 Å². The van der Waals surface area contributed by atoms with E-state index < -0.39 is 11.9 Å². The second kappa shape index (κ2) is 11.1. The minimum absolute atomic E-state index is 0.0530. The number of rotatable bonds is 5. The standard InChI is InChI=1S/C18H19N3O.C2H2O4/c1-14-6-8-17(9-7-14)20-18(22)13-21(2)12-16-5-3-4-15(10-16)11-19;3-1(4)2(5)6/h3-10H,12-13H2,1-2H3,(H,20,22);(H,3,4)(H,5,6). The predicted octanol–water partition coefficient (Wildman–Crippen LogP) is 2.09. The van der Waals surface area contributed by atoms with Crippen molar-refractivity contribution in [3.63, 3.8) is 0 Å². The summed E-state index contributed by atoms with van der Waals surface area (Å²) in [5.41, 5.74) is 3.61. The summed E-state index contributed by atoms with van der Waals surface area (Å²) in [5, 5.41) is 26.6. The molecule has 0 bridgehead atoms. The van der Waals surface area contributed by atoms with Crippen LogP contribution < -0.4 is 5.32 Å². The third kappa shape index (κ3) is 8.60. The van der Waals surface area contributed by atoms with E-state index in [2.05, 4.69) is 11.4 Å². The highest BCUT2D eigenvalue weighted by Crippen LogP contribution is 2.09. The summed E-state index contributed by atoms with van der Waals surface area (Å²) in [5.74, 6) is -3.70. The second-order valence-corrected chi connectivity index (χ2v) is 6.01. The number of hydrogen-bond acceptors (Lipinski definition) is 5. The molecular formula is C20H21N3O5. The Morgan fingerprint density at radius 2 is 1.68 bits per heavy atom. The zero-order valence-corrected chi connectivity index (χ0v) is 15.5. The van der Waals surface area contributed by atoms with Crippen LogP contribution in [0.2, 0.25) is 0 Å². The van der Waals surface area contributed by atoms with Gasteiger partial charge in [0, 0.05) is 12.2 Å². The van der Waals surface area contributed by atoms with Crippen LogP contribution in [0, 0.1) is 18.3 Å². The molecule has 2 aromatic carbocycles. The van der Waals surface area contributed by atoms with Gasteiger partial charge < -0.3 is 15.5 Å². The van der Waals surface area contributed by atoms with Gasteiger partial charge in [0.15, 0.2) is 0 Å². The summed E-state index contributed by atoms with van der Waals surface area (Å²) >= 11 is 0. The van der Waals surface area contributed by atoms with Gasteiger partial charge in [-0.2, -0.15) is 5.26 Å². The molecule has 3 N–H and O–H groups in total. The number of carbonyl (C=O) groups excluding carboxylic acids is 1. The molecule has 0 aliphatic carbocycles. The Morgan fingerprint density at radius 1 is 1.07 bits per heavy atom. The zero-order chi connectivity index (χ0) is 21.1. The molecule has 0 aromatic heterocycles. The van der Waals surface area contributed by atoms with Crippen LogP contribution in [0.1, 0.15) is 16.7 Å². The van der Waals surface area contributed by atoms with Crippen LogP contribution in [0.4, 0.5) is 5.69 Å². The van der Waals surface area contributed by atoms with E-state index in [1.807, 2.05) is 61.3 Å². The minimum atomic E-state index is -1.82. The van der Waals surface area contributed by atoms with Crippen LogP contribution in [-0.2, 0) is 20.9 Å². The average molecular weight is 383 g/mol. The van der Waals surface area contributed by atoms with Gasteiger partial charge in [0.1, 0.15) is 0 Å². The third-order valence-electron chi connectivity index (χ3n) is 3.44. The van der Waals surface area contributed by atoms with E-state index in [0.717, 1.165) is 16.8 Å². The fourth-order valence-corrected chi connectivity index (χ4v) is 2.19. The van der Waals surface area contributed by atoms with Crippen LogP contribution in [0.25, 0.3) is 0 Å². The Balaban J connectivity index is 0.000000568. The molecule has 0 heterocycles. The summed E-state index contributed by atoms with van der Waals surface area (Å²) in [7, 11) is 1.88. The fourth-order valence-electron chi connectivity index (χ4n) is 2.19. The molecule has 8 nitrogen and oxygen atoms in total. The van der Waals surface area contributed by atoms with Crippen LogP contribution in [0.3, 0.4) is 0 Å². The Hall–Kier alpha value is -3.70. The highest BCUT2D eigenvalue weighted by atomic mass is 16.4. The number of carbonyl (C=O) groups is 3. The lowest BCUT2D eigenvalue weighted by Gasteiger charge is -2.16. The first-order valence-corrected chi connectivity index (χ1v) is 8.21. The predicted molar refractivity (Wildman–Crippen MR) is 103 cm³/mol. The van der Waals surface area contributed by atoms with Crippen molar-refractivity contribution in [3.8, 4) is 6.07 Å². The maximum atomic E-state index is 12.0. The first-order chi connectivity index (χ1) is 13.2. The SMILES string of the molecule is Cc1ccc(NC(=O)CN(C)Cc2cccc(C#N)c2)cc1.O=C(O)C(=O)O. The summed E-state index contributed by atoms with van der Waals surface area (Å²) in [4.78, 5) is 32.1. The maximum Gasteiger partial charge on any atom is 0.414 e. The summed E-state index contributed by atoms with van der Waals surface area (Å²) in [6, 6.07) is 17.3. The fraction of sp³-hybridized carbons (Fsp3) is 0.200. The highest BCUT2D eigenvalue weighted by Gasteiger charge is 2.08. The molecule has 0 unspecified atom stereocenters. The molecule has 28 heavy (non-hydrogen) atoms. The van der Waals surface area contributed by atoms with E-state index >= 15 is 0 Å². The van der Waals surface area contributed by atoms with E-state index in [9.17, 15) is 4.79 Å². The lowest BCUT2D eigenvalue weighted by molar-refractivity contribution is -0.159. The van der Waals surface area contributed by atoms with Crippen LogP contribution in [0.5, 0.6) is 0 Å². The van der Waals surface area contributed by atoms with Gasteiger partial charge in [0.25, 0.3) is 0 Å². The number of nitrogens with zero attached hydrogens (tertiary/aromatic N) is 2. The van der Waals surface area contributed by atoms with E-state index in [0.29, 0.717) is 18.7 Å². The Morgan fingerprint density at radius 3 is 2.21 bits per heavy atom. The van der Waals surface area contributed by atoms with Crippen LogP contribution >= 0.6 is 0 Å². The van der Waals surface area contributed by atoms with Gasteiger partial charge in [0.05, 0.1) is 18.2 Å². The molecule has 0 aliphatic heterocycles. The first kappa shape index (κ1) is 22.3. The average Bonchev–Trinajstić information content (AvgIpc) is 2.64. The number of amides is 1. The maximum absolute atomic E-state index is 12.0. The third-order valence-corrected chi connectivity index (χ3v) is 3.44. The molecule has 0 fully saturated rings. The molecule has 0 atom stereocenters. The number of nitrogens with one attached hydrogen (secondary N) is 1. The molecule has 0 spiro atoms. The monoisotopic (exact) mass is 383 g/mol. The molecule has 146 valence electrons. The number of hydrogen-bond donors (Lipinski definition) is 3. The minimum Gasteiger partial charge on any atom is -0.473 e. The number of carboxylic acid groups (broad SMARTS) is 2. The quantitative estimate of drug-likeness (QED) is 0.674. The Kier molecular flexibility index (Phi) is 8.86. The Labute approximate surface area is 162 Å². The number of anilines is 1. The first-order valence-electron chi connectivity index (χ1n) is 8.21. The highest BCUT2D eigenvalue weighted by molar-refractivity contribution is 6.27. The molecular weight excluding hydrogens is 362 g/mol. The van der Waals surface area contributed by atoms with E-state index in [1.165, 1.54) is 0 Å². The summed E-state index contributed by atoms with van der Waals surface area (Å²) in [6.45, 7) is 2.93. The lowest BCUT2D eigenvalue weighted by Crippen LogP contribution is -2.29. The van der Waals surface area contributed by atoms with Gasteiger partial charge in [-0.1, -0.05) is 29.8 Å². The number of aryl methyl sites for hydroxylation is 1. The number of carboxylic acids is 2. The number of likely N-dealkylation sites (N-methyl/N-ethyl adjacent to an activating group) is 1. The van der Waals surface area contributed by atoms with Crippen molar-refractivity contribution < 1.29 is 24.6 Å². The molecule has 0 saturated carbocycles. The van der Waals surface area contributed by atoms with Gasteiger partial charge in [-0.05, 0) is 43.8 Å². The molecule has 0 aliphatic rings. The topological polar surface area (TPSA) is 131 Å². The molecule has 0 saturated heterocycles. The normalized spacial score (nSPS) is 9.64. The van der Waals surface area contributed by atoms with E-state index in [-0.39, 0.29) is 5.91 Å². The largest absolute Gasteiger partial charge is 0.473 e. The van der Waals surface area contributed by atoms with Crippen molar-refractivity contribution in [2.75, 3.05) is 18.9 Å². The van der Waals surface area contributed by atoms with Crippen LogP contribution in [-0.4, -0.2) is 46.6 Å². The van der Waals surface area contributed by atoms with Gasteiger partial charge in [-0.15, -0.1) is 0 Å². The number of benzene rings is 2. The molecule has 2 aromatic rings. The molecule has 8 heteroatoms. The smallest absolute Gasteiger partial charge is 0.414 e. The lowest BCUT2D eigenvalue weighted by atomic mass is 10.1. The van der Waals surface area contributed by atoms with Crippen molar-refractivity contribution in [3.05, 3.63) is 65.2 Å². The molecule has 1 amide bonds. The number of aliphatic carboxylic acids is 2. The van der Waals surface area contributed by atoms with Gasteiger partial charge in [-0.3, -0.25) is 9.69 Å². The van der Waals surface area contributed by atoms with Gasteiger partial charge in [-0.25, -0.2) is 9.59 Å². The molecule has 0 radical (unpaired) electrons. The van der Waals surface area contributed by atoms with Crippen molar-refractivity contribution in [1.29, 1.82) is 5.26 Å². The second-order valence-electron chi connectivity index (χ2n) is 6.01. The summed E-state index contributed by atoms with van der Waals surface area (Å²) < 4.78 is 0. The zero-order valence-electron chi connectivity index (χ0n) is 15.5. The van der Waals surface area contributed by atoms with E-state index in [4.69, 9.17) is 25.1 Å². The van der Waals surface area contributed by atoms with E-state index in [1.54, 1.807) is 6.07 Å². The van der Waals surface area contributed by atoms with Crippen molar-refractivity contribution in [2.24, 2.45) is 0 Å². The van der Waals surface area contributed by atoms with Crippen molar-refractivity contribution >= 4 is 23.5 Å². The van der Waals surface area contributed by atoms with Gasteiger partial charge in [0.2, 0.25) is 5.91 Å². The van der Waals surface area contributed by atoms with Crippen LogP contribution in [0.15, 0.2) is 48.5 Å². The summed E-state index contributed by atoms with van der Waals surface area (Å²) in [6.07, 6.45) is 0.